The van der Waals surface area contributed by atoms with Gasteiger partial charge in [-0.05, 0) is 129 Å². The molecule has 0 N–H and O–H groups in total. The number of aliphatic carboxylic acids is 2. The minimum Gasteiger partial charge on any atom is -0.549 e. The third-order valence-corrected chi connectivity index (χ3v) is 10.6. The van der Waals surface area contributed by atoms with Gasteiger partial charge in [-0.3, -0.25) is 9.80 Å². The van der Waals surface area contributed by atoms with Crippen LogP contribution < -0.4 is 10.2 Å². The van der Waals surface area contributed by atoms with Gasteiger partial charge in [-0.15, -0.1) is 0 Å². The number of carboxylic acids is 2. The Morgan fingerprint density at radius 2 is 0.508 bits per heavy atom. The van der Waals surface area contributed by atoms with Crippen LogP contribution in [0.4, 0.5) is 0 Å². The Balaban J connectivity index is -0.00000105. The molecule has 0 spiro atoms. The van der Waals surface area contributed by atoms with Crippen LogP contribution in [0, 0.1) is 0 Å². The van der Waals surface area contributed by atoms with Crippen LogP contribution in [-0.2, 0) is 9.59 Å². The smallest absolute Gasteiger partial charge is 0.549 e. The molecule has 0 rings (SSSR count). The van der Waals surface area contributed by atoms with E-state index < -0.39 is 11.9 Å². The van der Waals surface area contributed by atoms with E-state index in [4.69, 9.17) is 0 Å². The van der Waals surface area contributed by atoms with Gasteiger partial charge in [0.1, 0.15) is 0 Å². The SMILES string of the molecule is CCC/C=C/CCCCCCCN(CCCCCCC/C=C/CCC)CC(=O)[O-].CCC/C=C/CCCCCCCN(CCCCCCC/C=C/CCC)CC(=O)[O-].[Ca+2]. The van der Waals surface area contributed by atoms with Crippen LogP contribution in [0.3, 0.4) is 0 Å². The molecule has 0 fully saturated rings. The quantitative estimate of drug-likeness (QED) is 0.0345. The van der Waals surface area contributed by atoms with E-state index in [0.29, 0.717) is 0 Å². The standard InChI is InChI=1S/2C26H49NO2.Ca/c2*1-3-5-7-9-11-13-15-17-19-21-23-27(25-26(28)29)24-22-20-18-16-14-12-10-8-6-4-2;/h2*7-10H,3-6,11-25H2,1-2H3,(H,28,29);/q;;+2/p-2/b2*9-7+,10-8+;. The fourth-order valence-electron chi connectivity index (χ4n) is 7.03. The summed E-state index contributed by atoms with van der Waals surface area (Å²) in [6.45, 7) is 12.6. The molecule has 0 radical (unpaired) electrons. The molecular weight excluding hydrogens is 757 g/mol. The Morgan fingerprint density at radius 3 is 0.712 bits per heavy atom. The Kier molecular flexibility index (Phi) is 58.2. The van der Waals surface area contributed by atoms with E-state index in [1.807, 2.05) is 0 Å². The number of allylic oxidation sites excluding steroid dienone is 8. The number of rotatable bonds is 44. The first kappa shape index (κ1) is 62.4. The molecule has 7 heteroatoms. The van der Waals surface area contributed by atoms with Crippen molar-refractivity contribution in [2.45, 2.75) is 233 Å². The maximum absolute atomic E-state index is 11.0. The zero-order valence-corrected chi connectivity index (χ0v) is 41.9. The van der Waals surface area contributed by atoms with E-state index in [-0.39, 0.29) is 50.8 Å². The molecule has 0 unspecified atom stereocenters. The number of carbonyl (C=O) groups is 2. The van der Waals surface area contributed by atoms with Crippen LogP contribution >= 0.6 is 0 Å². The molecule has 0 aliphatic carbocycles. The molecule has 0 aromatic rings. The van der Waals surface area contributed by atoms with Crippen LogP contribution in [0.5, 0.6) is 0 Å². The molecular formula is C52H96CaN2O4. The maximum Gasteiger partial charge on any atom is 2.00 e. The van der Waals surface area contributed by atoms with E-state index in [9.17, 15) is 19.8 Å². The number of unbranched alkanes of at least 4 members (excludes halogenated alkanes) is 24. The van der Waals surface area contributed by atoms with Gasteiger partial charge in [0, 0.05) is 13.1 Å². The topological polar surface area (TPSA) is 86.7 Å². The summed E-state index contributed by atoms with van der Waals surface area (Å²) >= 11 is 0. The van der Waals surface area contributed by atoms with Crippen molar-refractivity contribution in [1.82, 2.24) is 9.80 Å². The minimum atomic E-state index is -0.942. The summed E-state index contributed by atoms with van der Waals surface area (Å²) in [4.78, 5) is 26.2. The molecule has 0 saturated carbocycles. The van der Waals surface area contributed by atoms with Gasteiger partial charge in [-0.2, -0.15) is 0 Å². The number of carbonyl (C=O) groups excluding carboxylic acids is 2. The first-order chi connectivity index (χ1) is 28.4. The molecule has 0 aromatic heterocycles. The third-order valence-electron chi connectivity index (χ3n) is 10.6. The second-order valence-electron chi connectivity index (χ2n) is 16.6. The van der Waals surface area contributed by atoms with Crippen LogP contribution in [0.2, 0.25) is 0 Å². The molecule has 0 amide bonds. The van der Waals surface area contributed by atoms with Crippen molar-refractivity contribution in [1.29, 1.82) is 0 Å². The van der Waals surface area contributed by atoms with Crippen molar-refractivity contribution in [3.8, 4) is 0 Å². The second kappa shape index (κ2) is 55.1. The largest absolute Gasteiger partial charge is 2.00 e. The summed E-state index contributed by atoms with van der Waals surface area (Å²) in [6, 6.07) is 0. The van der Waals surface area contributed by atoms with Gasteiger partial charge in [-0.25, -0.2) is 0 Å². The van der Waals surface area contributed by atoms with Crippen molar-refractivity contribution < 1.29 is 19.8 Å². The molecule has 0 atom stereocenters. The van der Waals surface area contributed by atoms with Gasteiger partial charge < -0.3 is 19.8 Å². The van der Waals surface area contributed by atoms with Crippen LogP contribution in [-0.4, -0.2) is 98.7 Å². The van der Waals surface area contributed by atoms with Crippen molar-refractivity contribution in [3.05, 3.63) is 48.6 Å². The van der Waals surface area contributed by atoms with Crippen molar-refractivity contribution in [3.63, 3.8) is 0 Å². The first-order valence-electron chi connectivity index (χ1n) is 24.8. The molecule has 59 heavy (non-hydrogen) atoms. The predicted molar refractivity (Wildman–Crippen MR) is 256 cm³/mol. The fourth-order valence-corrected chi connectivity index (χ4v) is 7.03. The van der Waals surface area contributed by atoms with Gasteiger partial charge >= 0.3 is 37.7 Å². The molecule has 0 heterocycles. The Labute approximate surface area is 397 Å². The number of hydrogen-bond acceptors (Lipinski definition) is 6. The molecule has 0 bridgehead atoms. The van der Waals surface area contributed by atoms with Crippen molar-refractivity contribution in [2.24, 2.45) is 0 Å². The average molecular weight is 853 g/mol. The first-order valence-corrected chi connectivity index (χ1v) is 24.8. The van der Waals surface area contributed by atoms with E-state index in [2.05, 4.69) is 86.1 Å². The summed E-state index contributed by atoms with van der Waals surface area (Å²) in [7, 11) is 0. The zero-order chi connectivity index (χ0) is 42.8. The Bertz CT molecular complexity index is 830. The van der Waals surface area contributed by atoms with Gasteiger partial charge in [-0.1, -0.05) is 179 Å². The molecule has 6 nitrogen and oxygen atoms in total. The number of carboxylic acid groups (broad SMARTS) is 2. The minimum absolute atomic E-state index is 0. The molecule has 0 aliphatic heterocycles. The van der Waals surface area contributed by atoms with Gasteiger partial charge in [0.25, 0.3) is 0 Å². The Morgan fingerprint density at radius 1 is 0.322 bits per heavy atom. The average Bonchev–Trinajstić information content (AvgIpc) is 3.20. The van der Waals surface area contributed by atoms with E-state index in [0.717, 1.165) is 51.9 Å². The maximum atomic E-state index is 11.0. The number of hydrogen-bond donors (Lipinski definition) is 0. The molecule has 0 saturated heterocycles. The Hall–Kier alpha value is -0.920. The van der Waals surface area contributed by atoms with Crippen molar-refractivity contribution in [2.75, 3.05) is 39.3 Å². The van der Waals surface area contributed by atoms with E-state index in [1.165, 1.54) is 180 Å². The normalized spacial score (nSPS) is 11.8. The van der Waals surface area contributed by atoms with Crippen LogP contribution in [0.15, 0.2) is 48.6 Å². The summed E-state index contributed by atoms with van der Waals surface area (Å²) in [6.07, 6.45) is 57.4. The summed E-state index contributed by atoms with van der Waals surface area (Å²) < 4.78 is 0. The molecule has 0 aromatic carbocycles. The van der Waals surface area contributed by atoms with Gasteiger partial charge in [0.2, 0.25) is 0 Å². The predicted octanol–water partition coefficient (Wildman–Crippen LogP) is 12.5. The van der Waals surface area contributed by atoms with Crippen LogP contribution in [0.25, 0.3) is 0 Å². The van der Waals surface area contributed by atoms with Crippen LogP contribution in [0.1, 0.15) is 233 Å². The van der Waals surface area contributed by atoms with E-state index >= 15 is 0 Å². The summed E-state index contributed by atoms with van der Waals surface area (Å²) in [5.74, 6) is -1.88. The second-order valence-corrected chi connectivity index (χ2v) is 16.6. The van der Waals surface area contributed by atoms with E-state index in [1.54, 1.807) is 0 Å². The third kappa shape index (κ3) is 57.1. The monoisotopic (exact) mass is 853 g/mol. The van der Waals surface area contributed by atoms with Gasteiger partial charge in [0.05, 0.1) is 11.9 Å². The summed E-state index contributed by atoms with van der Waals surface area (Å²) in [5, 5.41) is 22.0. The molecule has 340 valence electrons. The number of nitrogens with zero attached hydrogens (tertiary/aromatic N) is 2. The van der Waals surface area contributed by atoms with Crippen molar-refractivity contribution >= 4 is 49.7 Å². The zero-order valence-electron chi connectivity index (χ0n) is 39.7. The summed E-state index contributed by atoms with van der Waals surface area (Å²) in [5.41, 5.74) is 0. The van der Waals surface area contributed by atoms with Gasteiger partial charge in [0.15, 0.2) is 0 Å². The molecule has 0 aliphatic rings. The fraction of sp³-hybridized carbons (Fsp3) is 0.808.